The van der Waals surface area contributed by atoms with E-state index in [1.807, 2.05) is 18.2 Å². The summed E-state index contributed by atoms with van der Waals surface area (Å²) < 4.78 is 6.06. The summed E-state index contributed by atoms with van der Waals surface area (Å²) in [5.41, 5.74) is 6.56. The molecule has 1 aromatic rings. The van der Waals surface area contributed by atoms with Crippen LogP contribution in [-0.2, 0) is 4.12 Å². The molecule has 0 bridgehead atoms. The Morgan fingerprint density at radius 3 is 2.43 bits per heavy atom. The summed E-state index contributed by atoms with van der Waals surface area (Å²) in [6, 6.07) is 8.03. The Morgan fingerprint density at radius 1 is 1.29 bits per heavy atom. The highest BCUT2D eigenvalue weighted by atomic mass is 28.4. The Hall–Kier alpha value is -0.586. The van der Waals surface area contributed by atoms with Crippen molar-refractivity contribution in [2.75, 3.05) is 5.73 Å². The van der Waals surface area contributed by atoms with Crippen molar-refractivity contribution in [1.82, 2.24) is 0 Å². The van der Waals surface area contributed by atoms with Crippen molar-refractivity contribution < 1.29 is 4.12 Å². The van der Waals surface area contributed by atoms with Crippen LogP contribution in [0.3, 0.4) is 0 Å². The first-order valence-electron chi connectivity index (χ1n) is 4.77. The van der Waals surface area contributed by atoms with Gasteiger partial charge in [0.05, 0.1) is 0 Å². The summed E-state index contributed by atoms with van der Waals surface area (Å²) in [4.78, 5) is 0. The minimum Gasteiger partial charge on any atom is -0.453 e. The van der Waals surface area contributed by atoms with E-state index in [0.29, 0.717) is 0 Å². The van der Waals surface area contributed by atoms with E-state index < -0.39 is 17.4 Å². The van der Waals surface area contributed by atoms with Crippen molar-refractivity contribution in [3.8, 4) is 0 Å². The number of benzene rings is 1. The van der Waals surface area contributed by atoms with Gasteiger partial charge < -0.3 is 9.85 Å². The molecule has 0 spiro atoms. The smallest absolute Gasteiger partial charge is 0.231 e. The molecule has 1 radical (unpaired) electrons. The van der Waals surface area contributed by atoms with E-state index in [1.165, 1.54) is 5.19 Å². The largest absolute Gasteiger partial charge is 0.453 e. The number of rotatable bonds is 3. The van der Waals surface area contributed by atoms with Gasteiger partial charge in [-0.05, 0) is 43.5 Å². The summed E-state index contributed by atoms with van der Waals surface area (Å²) in [5, 5.41) is 1.26. The minimum atomic E-state index is -1.42. The maximum absolute atomic E-state index is 6.06. The quantitative estimate of drug-likeness (QED) is 0.629. The van der Waals surface area contributed by atoms with Crippen LogP contribution in [-0.4, -0.2) is 17.4 Å². The van der Waals surface area contributed by atoms with Gasteiger partial charge in [0.2, 0.25) is 9.04 Å². The van der Waals surface area contributed by atoms with Crippen molar-refractivity contribution >= 4 is 28.2 Å². The zero-order valence-electron chi connectivity index (χ0n) is 9.29. The van der Waals surface area contributed by atoms with Crippen LogP contribution in [0.2, 0.25) is 26.2 Å². The van der Waals surface area contributed by atoms with Gasteiger partial charge in [-0.15, -0.1) is 0 Å². The topological polar surface area (TPSA) is 35.2 Å². The molecule has 0 atom stereocenters. The molecule has 0 aliphatic carbocycles. The van der Waals surface area contributed by atoms with Gasteiger partial charge in [0, 0.05) is 5.69 Å². The molecule has 0 aliphatic rings. The Morgan fingerprint density at radius 2 is 1.93 bits per heavy atom. The SMILES string of the molecule is C[Si](O[Si](C)(C)C)c1cccc(N)c1. The molecule has 1 rings (SSSR count). The Balaban J connectivity index is 2.74. The van der Waals surface area contributed by atoms with Gasteiger partial charge in [0.25, 0.3) is 0 Å². The highest BCUT2D eigenvalue weighted by Crippen LogP contribution is 2.06. The summed E-state index contributed by atoms with van der Waals surface area (Å²) in [5.74, 6) is 0. The fourth-order valence-corrected chi connectivity index (χ4v) is 6.12. The van der Waals surface area contributed by atoms with Crippen molar-refractivity contribution in [2.24, 2.45) is 0 Å². The lowest BCUT2D eigenvalue weighted by atomic mass is 10.3. The van der Waals surface area contributed by atoms with Gasteiger partial charge in [-0.1, -0.05) is 12.1 Å². The Kier molecular flexibility index (Phi) is 3.52. The van der Waals surface area contributed by atoms with Gasteiger partial charge in [-0.25, -0.2) is 0 Å². The number of anilines is 1. The minimum absolute atomic E-state index is 0.825. The first-order valence-corrected chi connectivity index (χ1v) is 10.1. The van der Waals surface area contributed by atoms with E-state index in [-0.39, 0.29) is 0 Å². The number of hydrogen-bond acceptors (Lipinski definition) is 2. The third kappa shape index (κ3) is 3.65. The maximum Gasteiger partial charge on any atom is 0.231 e. The van der Waals surface area contributed by atoms with E-state index in [2.05, 4.69) is 32.3 Å². The van der Waals surface area contributed by atoms with Gasteiger partial charge in [0.1, 0.15) is 0 Å². The Bertz CT molecular complexity index is 309. The van der Waals surface area contributed by atoms with E-state index in [1.54, 1.807) is 0 Å². The van der Waals surface area contributed by atoms with Gasteiger partial charge >= 0.3 is 0 Å². The van der Waals surface area contributed by atoms with Crippen LogP contribution < -0.4 is 10.9 Å². The third-order valence-electron chi connectivity index (χ3n) is 1.75. The van der Waals surface area contributed by atoms with E-state index >= 15 is 0 Å². The number of nitrogen functional groups attached to an aromatic ring is 1. The van der Waals surface area contributed by atoms with Crippen molar-refractivity contribution in [3.63, 3.8) is 0 Å². The lowest BCUT2D eigenvalue weighted by molar-refractivity contribution is 0.589. The van der Waals surface area contributed by atoms with Crippen LogP contribution in [0.15, 0.2) is 24.3 Å². The van der Waals surface area contributed by atoms with Crippen molar-refractivity contribution in [1.29, 1.82) is 0 Å². The highest BCUT2D eigenvalue weighted by molar-refractivity contribution is 6.81. The first-order chi connectivity index (χ1) is 6.38. The summed E-state index contributed by atoms with van der Waals surface area (Å²) in [6.07, 6.45) is 0. The molecule has 0 heterocycles. The number of nitrogens with two attached hydrogens (primary N) is 1. The van der Waals surface area contributed by atoms with Gasteiger partial charge in [-0.2, -0.15) is 0 Å². The molecule has 0 amide bonds. The average Bonchev–Trinajstić information content (AvgIpc) is 2.01. The second-order valence-electron chi connectivity index (χ2n) is 4.40. The standard InChI is InChI=1S/C10H18NOSi2/c1-13(12-14(2,3)4)10-7-5-6-9(11)8-10/h5-8H,11H2,1-4H3. The Labute approximate surface area is 88.9 Å². The van der Waals surface area contributed by atoms with E-state index in [4.69, 9.17) is 9.85 Å². The van der Waals surface area contributed by atoms with Crippen LogP contribution in [0, 0.1) is 0 Å². The van der Waals surface area contributed by atoms with Crippen LogP contribution in [0.25, 0.3) is 0 Å². The highest BCUT2D eigenvalue weighted by Gasteiger charge is 2.20. The lowest BCUT2D eigenvalue weighted by Crippen LogP contribution is -2.40. The monoisotopic (exact) mass is 224 g/mol. The molecule has 4 heteroatoms. The molecule has 1 aromatic carbocycles. The zero-order valence-corrected chi connectivity index (χ0v) is 11.3. The predicted molar refractivity (Wildman–Crippen MR) is 66.5 cm³/mol. The fourth-order valence-electron chi connectivity index (χ4n) is 1.28. The molecule has 0 saturated carbocycles. The van der Waals surface area contributed by atoms with E-state index in [0.717, 1.165) is 5.69 Å². The summed E-state index contributed by atoms with van der Waals surface area (Å²) in [6.45, 7) is 8.83. The second-order valence-corrected chi connectivity index (χ2v) is 11.1. The molecule has 0 saturated heterocycles. The molecule has 14 heavy (non-hydrogen) atoms. The molecule has 77 valence electrons. The fraction of sp³-hybridized carbons (Fsp3) is 0.400. The molecule has 2 N–H and O–H groups in total. The van der Waals surface area contributed by atoms with Crippen LogP contribution >= 0.6 is 0 Å². The van der Waals surface area contributed by atoms with Crippen LogP contribution in [0.4, 0.5) is 5.69 Å². The molecular formula is C10H18NOSi2. The van der Waals surface area contributed by atoms with E-state index in [9.17, 15) is 0 Å². The average molecular weight is 224 g/mol. The second kappa shape index (κ2) is 4.29. The summed E-state index contributed by atoms with van der Waals surface area (Å²) >= 11 is 0. The number of hydrogen-bond donors (Lipinski definition) is 1. The van der Waals surface area contributed by atoms with Crippen LogP contribution in [0.1, 0.15) is 0 Å². The predicted octanol–water partition coefficient (Wildman–Crippen LogP) is 1.95. The van der Waals surface area contributed by atoms with Gasteiger partial charge in [0.15, 0.2) is 8.32 Å². The molecule has 0 unspecified atom stereocenters. The van der Waals surface area contributed by atoms with Crippen molar-refractivity contribution in [3.05, 3.63) is 24.3 Å². The molecule has 0 fully saturated rings. The molecule has 0 aliphatic heterocycles. The molecule has 2 nitrogen and oxygen atoms in total. The zero-order chi connectivity index (χ0) is 10.8. The summed E-state index contributed by atoms with van der Waals surface area (Å²) in [7, 11) is -2.28. The third-order valence-corrected chi connectivity index (χ3v) is 6.55. The first kappa shape index (κ1) is 11.5. The molecule has 0 aromatic heterocycles. The van der Waals surface area contributed by atoms with Crippen LogP contribution in [0.5, 0.6) is 0 Å². The molecular weight excluding hydrogens is 206 g/mol. The normalized spacial score (nSPS) is 12.1. The maximum atomic E-state index is 6.06. The lowest BCUT2D eigenvalue weighted by Gasteiger charge is -2.22. The van der Waals surface area contributed by atoms with Gasteiger partial charge in [-0.3, -0.25) is 0 Å². The van der Waals surface area contributed by atoms with Crippen molar-refractivity contribution in [2.45, 2.75) is 26.2 Å².